The van der Waals surface area contributed by atoms with Gasteiger partial charge in [-0.15, -0.1) is 13.2 Å². The molecule has 24 heavy (non-hydrogen) atoms. The summed E-state index contributed by atoms with van der Waals surface area (Å²) in [5.74, 6) is -0.271. The van der Waals surface area contributed by atoms with Gasteiger partial charge in [0.15, 0.2) is 0 Å². The number of hydrogen-bond donors (Lipinski definition) is 1. The molecule has 0 amide bonds. The highest BCUT2D eigenvalue weighted by molar-refractivity contribution is 5.96. The molecule has 0 radical (unpaired) electrons. The van der Waals surface area contributed by atoms with Crippen LogP contribution in [-0.4, -0.2) is 16.5 Å². The molecular formula is C18H14F3NO2. The third kappa shape index (κ3) is 3.19. The second-order valence-electron chi connectivity index (χ2n) is 5.35. The van der Waals surface area contributed by atoms with E-state index in [2.05, 4.69) is 9.72 Å². The minimum Gasteiger partial charge on any atom is -0.406 e. The van der Waals surface area contributed by atoms with Crippen molar-refractivity contribution in [3.8, 4) is 16.9 Å². The van der Waals surface area contributed by atoms with Crippen molar-refractivity contribution in [1.82, 2.24) is 4.98 Å². The number of aryl methyl sites for hydroxylation is 1. The van der Waals surface area contributed by atoms with E-state index in [1.807, 2.05) is 19.1 Å². The van der Waals surface area contributed by atoms with Gasteiger partial charge in [-0.3, -0.25) is 4.98 Å². The van der Waals surface area contributed by atoms with Gasteiger partial charge in [-0.1, -0.05) is 18.2 Å². The van der Waals surface area contributed by atoms with Crippen LogP contribution in [0.5, 0.6) is 5.75 Å². The molecule has 1 aromatic heterocycles. The lowest BCUT2D eigenvalue weighted by Crippen LogP contribution is -2.16. The van der Waals surface area contributed by atoms with Crippen molar-refractivity contribution in [2.45, 2.75) is 19.9 Å². The zero-order chi connectivity index (χ0) is 17.3. The SMILES string of the molecule is Cc1cc(-c2ccc(OC(F)(F)F)cc2)c2ncccc2c1CO. The number of nitrogens with zero attached hydrogens (tertiary/aromatic N) is 1. The summed E-state index contributed by atoms with van der Waals surface area (Å²) < 4.78 is 40.7. The second-order valence-corrected chi connectivity index (χ2v) is 5.35. The highest BCUT2D eigenvalue weighted by Gasteiger charge is 2.31. The fraction of sp³-hybridized carbons (Fsp3) is 0.167. The van der Waals surface area contributed by atoms with Crippen LogP contribution in [0, 0.1) is 6.92 Å². The van der Waals surface area contributed by atoms with Gasteiger partial charge in [-0.25, -0.2) is 0 Å². The van der Waals surface area contributed by atoms with E-state index in [1.165, 1.54) is 12.1 Å². The monoisotopic (exact) mass is 333 g/mol. The molecule has 3 rings (SSSR count). The van der Waals surface area contributed by atoms with Crippen LogP contribution in [0.1, 0.15) is 11.1 Å². The van der Waals surface area contributed by atoms with Gasteiger partial charge in [-0.2, -0.15) is 0 Å². The van der Waals surface area contributed by atoms with E-state index in [9.17, 15) is 18.3 Å². The van der Waals surface area contributed by atoms with Gasteiger partial charge in [-0.05, 0) is 47.9 Å². The number of hydrogen-bond acceptors (Lipinski definition) is 3. The number of aliphatic hydroxyl groups is 1. The third-order valence-electron chi connectivity index (χ3n) is 3.78. The molecule has 2 aromatic carbocycles. The predicted octanol–water partition coefficient (Wildman–Crippen LogP) is 4.60. The van der Waals surface area contributed by atoms with E-state index in [1.54, 1.807) is 24.4 Å². The van der Waals surface area contributed by atoms with Gasteiger partial charge in [0.05, 0.1) is 12.1 Å². The zero-order valence-corrected chi connectivity index (χ0v) is 12.8. The van der Waals surface area contributed by atoms with Gasteiger partial charge in [0.2, 0.25) is 0 Å². The average Bonchev–Trinajstić information content (AvgIpc) is 2.53. The number of rotatable bonds is 3. The first-order chi connectivity index (χ1) is 11.4. The predicted molar refractivity (Wildman–Crippen MR) is 84.5 cm³/mol. The lowest BCUT2D eigenvalue weighted by molar-refractivity contribution is -0.274. The Morgan fingerprint density at radius 3 is 2.46 bits per heavy atom. The van der Waals surface area contributed by atoms with Crippen LogP contribution in [0.2, 0.25) is 0 Å². The van der Waals surface area contributed by atoms with Crippen LogP contribution < -0.4 is 4.74 Å². The standard InChI is InChI=1S/C18H14F3NO2/c1-11-9-15(17-14(16(11)10-23)3-2-8-22-17)12-4-6-13(7-5-12)24-18(19,20)21/h2-9,23H,10H2,1H3. The van der Waals surface area contributed by atoms with E-state index in [0.717, 1.165) is 27.6 Å². The summed E-state index contributed by atoms with van der Waals surface area (Å²) in [5, 5.41) is 10.4. The summed E-state index contributed by atoms with van der Waals surface area (Å²) >= 11 is 0. The summed E-state index contributed by atoms with van der Waals surface area (Å²) in [6.07, 6.45) is -3.07. The Kier molecular flexibility index (Phi) is 4.15. The Bertz CT molecular complexity index is 874. The van der Waals surface area contributed by atoms with E-state index < -0.39 is 6.36 Å². The number of pyridine rings is 1. The van der Waals surface area contributed by atoms with Crippen molar-refractivity contribution in [3.05, 3.63) is 59.8 Å². The number of halogens is 3. The molecular weight excluding hydrogens is 319 g/mol. The molecule has 0 bridgehead atoms. The summed E-state index contributed by atoms with van der Waals surface area (Å²) in [6, 6.07) is 11.2. The Labute approximate surface area is 136 Å². The fourth-order valence-corrected chi connectivity index (χ4v) is 2.71. The summed E-state index contributed by atoms with van der Waals surface area (Å²) in [6.45, 7) is 1.77. The summed E-state index contributed by atoms with van der Waals surface area (Å²) in [5.41, 5.74) is 3.89. The van der Waals surface area contributed by atoms with E-state index in [0.29, 0.717) is 5.52 Å². The van der Waals surface area contributed by atoms with Gasteiger partial charge in [0, 0.05) is 17.1 Å². The number of fused-ring (bicyclic) bond motifs is 1. The molecule has 0 unspecified atom stereocenters. The van der Waals surface area contributed by atoms with E-state index >= 15 is 0 Å². The van der Waals surface area contributed by atoms with Gasteiger partial charge >= 0.3 is 6.36 Å². The third-order valence-corrected chi connectivity index (χ3v) is 3.78. The average molecular weight is 333 g/mol. The van der Waals surface area contributed by atoms with Gasteiger partial charge in [0.25, 0.3) is 0 Å². The van der Waals surface area contributed by atoms with Crippen molar-refractivity contribution in [2.24, 2.45) is 0 Å². The smallest absolute Gasteiger partial charge is 0.406 e. The molecule has 3 nitrogen and oxygen atoms in total. The number of ether oxygens (including phenoxy) is 1. The lowest BCUT2D eigenvalue weighted by Gasteiger charge is -2.13. The van der Waals surface area contributed by atoms with Crippen LogP contribution in [0.15, 0.2) is 48.7 Å². The first-order valence-electron chi connectivity index (χ1n) is 7.23. The molecule has 1 heterocycles. The maximum Gasteiger partial charge on any atom is 0.573 e. The van der Waals surface area contributed by atoms with E-state index in [4.69, 9.17) is 0 Å². The number of aromatic nitrogens is 1. The van der Waals surface area contributed by atoms with Crippen molar-refractivity contribution in [1.29, 1.82) is 0 Å². The Balaban J connectivity index is 2.10. The Morgan fingerprint density at radius 1 is 1.12 bits per heavy atom. The molecule has 0 atom stereocenters. The van der Waals surface area contributed by atoms with Crippen LogP contribution in [0.4, 0.5) is 13.2 Å². The lowest BCUT2D eigenvalue weighted by atomic mass is 9.95. The van der Waals surface area contributed by atoms with Gasteiger partial charge < -0.3 is 9.84 Å². The number of aliphatic hydroxyl groups excluding tert-OH is 1. The molecule has 124 valence electrons. The number of alkyl halides is 3. The van der Waals surface area contributed by atoms with Crippen molar-refractivity contribution >= 4 is 10.9 Å². The maximum absolute atomic E-state index is 12.3. The van der Waals surface area contributed by atoms with Crippen LogP contribution >= 0.6 is 0 Å². The van der Waals surface area contributed by atoms with Crippen LogP contribution in [-0.2, 0) is 6.61 Å². The van der Waals surface area contributed by atoms with Crippen molar-refractivity contribution in [3.63, 3.8) is 0 Å². The maximum atomic E-state index is 12.3. The Morgan fingerprint density at radius 2 is 1.83 bits per heavy atom. The molecule has 0 aliphatic carbocycles. The minimum atomic E-state index is -4.71. The molecule has 0 saturated carbocycles. The topological polar surface area (TPSA) is 42.4 Å². The summed E-state index contributed by atoms with van der Waals surface area (Å²) in [4.78, 5) is 4.37. The van der Waals surface area contributed by atoms with E-state index in [-0.39, 0.29) is 12.4 Å². The fourth-order valence-electron chi connectivity index (χ4n) is 2.71. The molecule has 0 spiro atoms. The summed E-state index contributed by atoms with van der Waals surface area (Å²) in [7, 11) is 0. The number of benzene rings is 2. The van der Waals surface area contributed by atoms with Crippen molar-refractivity contribution in [2.75, 3.05) is 0 Å². The molecule has 6 heteroatoms. The van der Waals surface area contributed by atoms with Gasteiger partial charge in [0.1, 0.15) is 5.75 Å². The molecule has 1 N–H and O–H groups in total. The first-order valence-corrected chi connectivity index (χ1v) is 7.23. The second kappa shape index (κ2) is 6.13. The molecule has 0 aliphatic heterocycles. The molecule has 0 aliphatic rings. The normalized spacial score (nSPS) is 11.7. The Hall–Kier alpha value is -2.60. The molecule has 0 fully saturated rings. The minimum absolute atomic E-state index is 0.104. The largest absolute Gasteiger partial charge is 0.573 e. The first kappa shape index (κ1) is 16.3. The highest BCUT2D eigenvalue weighted by atomic mass is 19.4. The van der Waals surface area contributed by atoms with Crippen LogP contribution in [0.25, 0.3) is 22.0 Å². The quantitative estimate of drug-likeness (QED) is 0.761. The van der Waals surface area contributed by atoms with Crippen LogP contribution in [0.3, 0.4) is 0 Å². The zero-order valence-electron chi connectivity index (χ0n) is 12.8. The molecule has 0 saturated heterocycles. The highest BCUT2D eigenvalue weighted by Crippen LogP contribution is 2.33. The molecule has 3 aromatic rings. The van der Waals surface area contributed by atoms with Crippen molar-refractivity contribution < 1.29 is 23.0 Å².